The van der Waals surface area contributed by atoms with Crippen molar-refractivity contribution in [3.05, 3.63) is 110 Å². The number of non-ortho nitro benzene ring substituents is 1. The average Bonchev–Trinajstić information content (AvgIpc) is 2.92. The number of carbonyl (C=O) groups is 2. The molecule has 1 N–H and O–H groups in total. The molecule has 4 aromatic rings. The Hall–Kier alpha value is -4.57. The number of nitro benzene ring substituents is 1. The Morgan fingerprint density at radius 1 is 1.00 bits per heavy atom. The van der Waals surface area contributed by atoms with Gasteiger partial charge < -0.3 is 9.47 Å². The lowest BCUT2D eigenvalue weighted by Gasteiger charge is -2.11. The molecule has 0 atom stereocenters. The molecule has 0 aliphatic carbocycles. The summed E-state index contributed by atoms with van der Waals surface area (Å²) in [4.78, 5) is 35.3. The molecule has 9 nitrogen and oxygen atoms in total. The maximum atomic E-state index is 12.5. The van der Waals surface area contributed by atoms with E-state index in [0.717, 1.165) is 20.8 Å². The van der Waals surface area contributed by atoms with Gasteiger partial charge in [0.05, 0.1) is 29.7 Å². The maximum Gasteiger partial charge on any atom is 0.343 e. The number of benzene rings is 4. The first-order chi connectivity index (χ1) is 18.4. The number of fused-ring (bicyclic) bond motifs is 1. The number of hydrogen-bond acceptors (Lipinski definition) is 7. The number of halogens is 1. The van der Waals surface area contributed by atoms with Crippen molar-refractivity contribution in [3.63, 3.8) is 0 Å². The van der Waals surface area contributed by atoms with Crippen LogP contribution in [-0.2, 0) is 11.2 Å². The van der Waals surface area contributed by atoms with Gasteiger partial charge in [-0.1, -0.05) is 46.3 Å². The van der Waals surface area contributed by atoms with Gasteiger partial charge in [-0.3, -0.25) is 14.9 Å². The Morgan fingerprint density at radius 3 is 2.45 bits per heavy atom. The average molecular weight is 576 g/mol. The second-order valence-corrected chi connectivity index (χ2v) is 8.91. The molecule has 0 aliphatic rings. The van der Waals surface area contributed by atoms with Gasteiger partial charge in [0.25, 0.3) is 5.69 Å². The third kappa shape index (κ3) is 6.40. The van der Waals surface area contributed by atoms with Crippen LogP contribution >= 0.6 is 15.9 Å². The standard InChI is InChI=1S/C28H22BrN3O6/c1-2-37-26-15-18(7-14-25(26)38-28(34)19-8-11-21(12-9-19)32(35)36)17-30-31-27(33)16-20-10-13-24(29)23-6-4-3-5-22(20)23/h3-15,17H,2,16H2,1H3,(H,31,33)/b30-17+. The summed E-state index contributed by atoms with van der Waals surface area (Å²) in [5.41, 5.74) is 4.06. The summed E-state index contributed by atoms with van der Waals surface area (Å²) in [6, 6.07) is 21.6. The van der Waals surface area contributed by atoms with E-state index in [2.05, 4.69) is 26.5 Å². The van der Waals surface area contributed by atoms with Gasteiger partial charge in [0.1, 0.15) is 0 Å². The van der Waals surface area contributed by atoms with Crippen molar-refractivity contribution in [3.8, 4) is 11.5 Å². The number of amides is 1. The molecule has 4 aromatic carbocycles. The molecule has 4 rings (SSSR count). The minimum atomic E-state index is -0.685. The van der Waals surface area contributed by atoms with Crippen molar-refractivity contribution in [1.82, 2.24) is 5.43 Å². The van der Waals surface area contributed by atoms with Crippen LogP contribution in [-0.4, -0.2) is 29.6 Å². The summed E-state index contributed by atoms with van der Waals surface area (Å²) in [5, 5.41) is 16.9. The zero-order valence-corrected chi connectivity index (χ0v) is 21.8. The van der Waals surface area contributed by atoms with Crippen molar-refractivity contribution < 1.29 is 24.0 Å². The highest BCUT2D eigenvalue weighted by atomic mass is 79.9. The number of nitro groups is 1. The first-order valence-corrected chi connectivity index (χ1v) is 12.4. The summed E-state index contributed by atoms with van der Waals surface area (Å²) in [6.07, 6.45) is 1.62. The van der Waals surface area contributed by atoms with Gasteiger partial charge in [0, 0.05) is 16.6 Å². The smallest absolute Gasteiger partial charge is 0.343 e. The molecule has 0 spiro atoms. The van der Waals surface area contributed by atoms with E-state index in [0.29, 0.717) is 17.9 Å². The molecule has 0 aromatic heterocycles. The predicted octanol–water partition coefficient (Wildman–Crippen LogP) is 5.82. The van der Waals surface area contributed by atoms with Crippen LogP contribution in [0.3, 0.4) is 0 Å². The van der Waals surface area contributed by atoms with Gasteiger partial charge in [-0.25, -0.2) is 10.2 Å². The Morgan fingerprint density at radius 2 is 1.74 bits per heavy atom. The van der Waals surface area contributed by atoms with Crippen LogP contribution in [0.15, 0.2) is 88.4 Å². The molecule has 0 saturated carbocycles. The molecule has 0 fully saturated rings. The van der Waals surface area contributed by atoms with Crippen LogP contribution in [0.1, 0.15) is 28.4 Å². The van der Waals surface area contributed by atoms with Crippen LogP contribution in [0.4, 0.5) is 5.69 Å². The van der Waals surface area contributed by atoms with E-state index in [4.69, 9.17) is 9.47 Å². The number of hydrazone groups is 1. The molecule has 0 bridgehead atoms. The number of nitrogens with one attached hydrogen (secondary N) is 1. The highest BCUT2D eigenvalue weighted by Crippen LogP contribution is 2.29. The van der Waals surface area contributed by atoms with Crippen LogP contribution in [0.2, 0.25) is 0 Å². The largest absolute Gasteiger partial charge is 0.490 e. The van der Waals surface area contributed by atoms with Crippen LogP contribution in [0.25, 0.3) is 10.8 Å². The number of carbonyl (C=O) groups excluding carboxylic acids is 2. The molecule has 10 heteroatoms. The Bertz CT molecular complexity index is 1540. The minimum Gasteiger partial charge on any atom is -0.490 e. The number of nitrogens with zero attached hydrogens (tertiary/aromatic N) is 2. The summed E-state index contributed by atoms with van der Waals surface area (Å²) in [5.74, 6) is -0.472. The number of rotatable bonds is 9. The molecule has 192 valence electrons. The fraction of sp³-hybridized carbons (Fsp3) is 0.107. The molecule has 38 heavy (non-hydrogen) atoms. The van der Waals surface area contributed by atoms with Gasteiger partial charge in [-0.05, 0) is 65.2 Å². The Labute approximate surface area is 226 Å². The summed E-state index contributed by atoms with van der Waals surface area (Å²) >= 11 is 3.53. The van der Waals surface area contributed by atoms with Gasteiger partial charge in [0.2, 0.25) is 5.91 Å². The van der Waals surface area contributed by atoms with Gasteiger partial charge in [0.15, 0.2) is 11.5 Å². The van der Waals surface area contributed by atoms with E-state index in [1.54, 1.807) is 25.1 Å². The maximum absolute atomic E-state index is 12.5. The van der Waals surface area contributed by atoms with Crippen LogP contribution in [0.5, 0.6) is 11.5 Å². The fourth-order valence-electron chi connectivity index (χ4n) is 3.71. The van der Waals surface area contributed by atoms with E-state index >= 15 is 0 Å². The molecule has 1 amide bonds. The molecule has 0 saturated heterocycles. The lowest BCUT2D eigenvalue weighted by molar-refractivity contribution is -0.384. The van der Waals surface area contributed by atoms with Gasteiger partial charge in [-0.15, -0.1) is 0 Å². The highest BCUT2D eigenvalue weighted by molar-refractivity contribution is 9.10. The molecule has 0 radical (unpaired) electrons. The SMILES string of the molecule is CCOc1cc(/C=N/NC(=O)Cc2ccc(Br)c3ccccc23)ccc1OC(=O)c1ccc([N+](=O)[O-])cc1. The molecular weight excluding hydrogens is 554 g/mol. The van der Waals surface area contributed by atoms with E-state index in [-0.39, 0.29) is 29.3 Å². The monoisotopic (exact) mass is 575 g/mol. The minimum absolute atomic E-state index is 0.127. The zero-order valence-electron chi connectivity index (χ0n) is 20.2. The Kier molecular flexibility index (Phi) is 8.44. The predicted molar refractivity (Wildman–Crippen MR) is 147 cm³/mol. The lowest BCUT2D eigenvalue weighted by Crippen LogP contribution is -2.20. The van der Waals surface area contributed by atoms with Crippen LogP contribution < -0.4 is 14.9 Å². The molecule has 0 heterocycles. The van der Waals surface area contributed by atoms with Crippen LogP contribution in [0, 0.1) is 10.1 Å². The number of ether oxygens (including phenoxy) is 2. The lowest BCUT2D eigenvalue weighted by atomic mass is 10.0. The third-order valence-electron chi connectivity index (χ3n) is 5.50. The zero-order chi connectivity index (χ0) is 27.1. The molecule has 0 unspecified atom stereocenters. The van der Waals surface area contributed by atoms with Gasteiger partial charge >= 0.3 is 5.97 Å². The first kappa shape index (κ1) is 26.5. The second kappa shape index (κ2) is 12.1. The van der Waals surface area contributed by atoms with Crippen molar-refractivity contribution in [1.29, 1.82) is 0 Å². The van der Waals surface area contributed by atoms with E-state index in [9.17, 15) is 19.7 Å². The normalized spacial score (nSPS) is 10.9. The summed E-state index contributed by atoms with van der Waals surface area (Å²) < 4.78 is 12.0. The topological polar surface area (TPSA) is 120 Å². The summed E-state index contributed by atoms with van der Waals surface area (Å²) in [6.45, 7) is 2.11. The molecular formula is C28H22BrN3O6. The second-order valence-electron chi connectivity index (χ2n) is 8.05. The third-order valence-corrected chi connectivity index (χ3v) is 6.19. The van der Waals surface area contributed by atoms with E-state index in [1.807, 2.05) is 36.4 Å². The first-order valence-electron chi connectivity index (χ1n) is 11.6. The fourth-order valence-corrected chi connectivity index (χ4v) is 4.18. The quantitative estimate of drug-likeness (QED) is 0.0882. The number of hydrogen-bond donors (Lipinski definition) is 1. The van der Waals surface area contributed by atoms with Crippen molar-refractivity contribution in [2.75, 3.05) is 6.61 Å². The highest BCUT2D eigenvalue weighted by Gasteiger charge is 2.15. The van der Waals surface area contributed by atoms with E-state index < -0.39 is 10.9 Å². The Balaban J connectivity index is 1.42. The molecule has 0 aliphatic heterocycles. The van der Waals surface area contributed by atoms with Crippen molar-refractivity contribution in [2.24, 2.45) is 5.10 Å². The van der Waals surface area contributed by atoms with E-state index in [1.165, 1.54) is 30.5 Å². The summed E-state index contributed by atoms with van der Waals surface area (Å²) in [7, 11) is 0. The van der Waals surface area contributed by atoms with Crippen molar-refractivity contribution >= 4 is 50.5 Å². The van der Waals surface area contributed by atoms with Gasteiger partial charge in [-0.2, -0.15) is 5.10 Å². The van der Waals surface area contributed by atoms with Crippen molar-refractivity contribution in [2.45, 2.75) is 13.3 Å². The number of esters is 1.